The summed E-state index contributed by atoms with van der Waals surface area (Å²) in [7, 11) is 0. The third kappa shape index (κ3) is 2.84. The molecule has 3 fully saturated rings. The molecule has 1 amide bonds. The number of nitrogens with one attached hydrogen (secondary N) is 1. The second-order valence-electron chi connectivity index (χ2n) is 6.51. The van der Waals surface area contributed by atoms with Crippen LogP contribution in [-0.2, 0) is 9.53 Å². The molecule has 1 aliphatic carbocycles. The van der Waals surface area contributed by atoms with Crippen LogP contribution in [0.25, 0.3) is 0 Å². The van der Waals surface area contributed by atoms with Gasteiger partial charge in [0.15, 0.2) is 0 Å². The van der Waals surface area contributed by atoms with E-state index >= 15 is 0 Å². The second-order valence-corrected chi connectivity index (χ2v) is 6.51. The van der Waals surface area contributed by atoms with Crippen LogP contribution in [-0.4, -0.2) is 71.1 Å². The van der Waals surface area contributed by atoms with E-state index in [0.29, 0.717) is 6.54 Å². The summed E-state index contributed by atoms with van der Waals surface area (Å²) < 4.78 is 5.64. The number of nitriles is 1. The van der Waals surface area contributed by atoms with Crippen LogP contribution in [0.15, 0.2) is 0 Å². The van der Waals surface area contributed by atoms with E-state index in [4.69, 9.17) is 15.1 Å². The molecular weight excluding hydrogens is 286 g/mol. The zero-order valence-electron chi connectivity index (χ0n) is 12.5. The van der Waals surface area contributed by atoms with E-state index in [1.807, 2.05) is 0 Å². The summed E-state index contributed by atoms with van der Waals surface area (Å²) >= 11 is 0. The van der Waals surface area contributed by atoms with Crippen molar-refractivity contribution >= 4 is 5.91 Å². The average Bonchev–Trinajstić information content (AvgIpc) is 3.25. The summed E-state index contributed by atoms with van der Waals surface area (Å²) in [5.74, 6) is 0.277. The smallest absolute Gasteiger partial charge is 0.241 e. The van der Waals surface area contributed by atoms with E-state index in [0.717, 1.165) is 25.7 Å². The molecule has 2 saturated heterocycles. The summed E-state index contributed by atoms with van der Waals surface area (Å²) in [6, 6.07) is 1.85. The number of aliphatic hydroxyl groups is 2. The highest BCUT2D eigenvalue weighted by molar-refractivity contribution is 5.83. The number of likely N-dealkylation sites (tertiary alicyclic amines) is 1. The predicted molar refractivity (Wildman–Crippen MR) is 76.6 cm³/mol. The van der Waals surface area contributed by atoms with Crippen LogP contribution in [0.5, 0.6) is 0 Å². The lowest BCUT2D eigenvalue weighted by molar-refractivity contribution is -0.135. The Morgan fingerprint density at radius 1 is 1.50 bits per heavy atom. The Balaban J connectivity index is 1.54. The molecule has 3 aliphatic rings. The van der Waals surface area contributed by atoms with Gasteiger partial charge in [-0.2, -0.15) is 5.26 Å². The molecule has 0 radical (unpaired) electrons. The molecule has 7 heteroatoms. The van der Waals surface area contributed by atoms with E-state index < -0.39 is 6.10 Å². The van der Waals surface area contributed by atoms with E-state index in [-0.39, 0.29) is 49.3 Å². The Hall–Kier alpha value is -1.20. The highest BCUT2D eigenvalue weighted by atomic mass is 16.5. The third-order valence-electron chi connectivity index (χ3n) is 5.07. The summed E-state index contributed by atoms with van der Waals surface area (Å²) in [6.07, 6.45) is 2.49. The zero-order chi connectivity index (χ0) is 15.7. The molecule has 3 N–H and O–H groups in total. The fourth-order valence-corrected chi connectivity index (χ4v) is 3.94. The van der Waals surface area contributed by atoms with Crippen molar-refractivity contribution < 1.29 is 19.7 Å². The molecule has 1 saturated carbocycles. The SMILES string of the molecule is N#C[C@@H]1CCCN1C(=O)[C@H]1N[C@@H]2C[C@H]1C[C@H]2OC[C@@H](O)CO. The first-order valence-corrected chi connectivity index (χ1v) is 8.00. The molecule has 0 spiro atoms. The number of fused-ring (bicyclic) bond motifs is 2. The fraction of sp³-hybridized carbons (Fsp3) is 0.867. The van der Waals surface area contributed by atoms with Gasteiger partial charge in [-0.25, -0.2) is 0 Å². The van der Waals surface area contributed by atoms with E-state index in [2.05, 4.69) is 11.4 Å². The van der Waals surface area contributed by atoms with Crippen LogP contribution >= 0.6 is 0 Å². The van der Waals surface area contributed by atoms with Crippen molar-refractivity contribution in [2.24, 2.45) is 5.92 Å². The van der Waals surface area contributed by atoms with E-state index in [9.17, 15) is 9.90 Å². The molecule has 122 valence electrons. The Morgan fingerprint density at radius 2 is 2.32 bits per heavy atom. The predicted octanol–water partition coefficient (Wildman–Crippen LogP) is -1.01. The summed E-state index contributed by atoms with van der Waals surface area (Å²) in [5, 5.41) is 30.6. The van der Waals surface area contributed by atoms with Crippen LogP contribution < -0.4 is 5.32 Å². The van der Waals surface area contributed by atoms with Crippen molar-refractivity contribution in [3.63, 3.8) is 0 Å². The lowest BCUT2D eigenvalue weighted by Gasteiger charge is -2.32. The number of ether oxygens (including phenoxy) is 1. The highest BCUT2D eigenvalue weighted by Gasteiger charge is 2.50. The van der Waals surface area contributed by atoms with Crippen molar-refractivity contribution in [1.29, 1.82) is 5.26 Å². The summed E-state index contributed by atoms with van der Waals surface area (Å²) in [6.45, 7) is 0.489. The lowest BCUT2D eigenvalue weighted by atomic mass is 9.97. The van der Waals surface area contributed by atoms with E-state index in [1.54, 1.807) is 4.90 Å². The molecule has 2 aliphatic heterocycles. The molecule has 22 heavy (non-hydrogen) atoms. The van der Waals surface area contributed by atoms with Crippen molar-refractivity contribution in [1.82, 2.24) is 10.2 Å². The van der Waals surface area contributed by atoms with Gasteiger partial charge in [-0.3, -0.25) is 4.79 Å². The van der Waals surface area contributed by atoms with Crippen molar-refractivity contribution in [2.75, 3.05) is 19.8 Å². The van der Waals surface area contributed by atoms with Gasteiger partial charge in [-0.15, -0.1) is 0 Å². The van der Waals surface area contributed by atoms with Crippen LogP contribution in [0.4, 0.5) is 0 Å². The number of piperidine rings is 1. The minimum Gasteiger partial charge on any atom is -0.394 e. The minimum absolute atomic E-state index is 0.0133. The average molecular weight is 309 g/mol. The Morgan fingerprint density at radius 3 is 2.95 bits per heavy atom. The number of nitrogens with zero attached hydrogens (tertiary/aromatic N) is 2. The summed E-state index contributed by atoms with van der Waals surface area (Å²) in [4.78, 5) is 14.3. The van der Waals surface area contributed by atoms with Gasteiger partial charge in [0, 0.05) is 12.6 Å². The maximum Gasteiger partial charge on any atom is 0.241 e. The largest absolute Gasteiger partial charge is 0.394 e. The van der Waals surface area contributed by atoms with Gasteiger partial charge in [0.1, 0.15) is 12.1 Å². The van der Waals surface area contributed by atoms with Gasteiger partial charge in [0.2, 0.25) is 5.91 Å². The molecule has 3 rings (SSSR count). The quantitative estimate of drug-likeness (QED) is 0.601. The fourth-order valence-electron chi connectivity index (χ4n) is 3.94. The van der Waals surface area contributed by atoms with Gasteiger partial charge in [0.05, 0.1) is 31.4 Å². The number of aliphatic hydroxyl groups excluding tert-OH is 2. The maximum absolute atomic E-state index is 12.6. The Bertz CT molecular complexity index is 466. The van der Waals surface area contributed by atoms with Crippen molar-refractivity contribution in [2.45, 2.75) is 56.0 Å². The molecule has 0 aromatic rings. The topological polar surface area (TPSA) is 106 Å². The van der Waals surface area contributed by atoms with Gasteiger partial charge >= 0.3 is 0 Å². The zero-order valence-corrected chi connectivity index (χ0v) is 12.5. The molecular formula is C15H23N3O4. The highest BCUT2D eigenvalue weighted by Crippen LogP contribution is 2.38. The minimum atomic E-state index is -0.849. The number of carbonyl (C=O) groups excluding carboxylic acids is 1. The van der Waals surface area contributed by atoms with Crippen molar-refractivity contribution in [3.8, 4) is 6.07 Å². The van der Waals surface area contributed by atoms with Gasteiger partial charge in [-0.05, 0) is 31.6 Å². The third-order valence-corrected chi connectivity index (χ3v) is 5.07. The molecule has 7 nitrogen and oxygen atoms in total. The standard InChI is InChI=1S/C15H23N3O4/c16-6-10-2-1-3-18(10)15(21)14-9-4-12(17-14)13(5-9)22-8-11(20)7-19/h9-14,17,19-20H,1-5,7-8H2/t9-,10-,11-,12+,13+,14-/m0/s1. The van der Waals surface area contributed by atoms with Crippen LogP contribution in [0.2, 0.25) is 0 Å². The van der Waals surface area contributed by atoms with E-state index in [1.165, 1.54) is 0 Å². The Labute approximate surface area is 129 Å². The maximum atomic E-state index is 12.6. The van der Waals surface area contributed by atoms with Gasteiger partial charge in [0.25, 0.3) is 0 Å². The lowest BCUT2D eigenvalue weighted by Crippen LogP contribution is -2.54. The molecule has 0 aromatic carbocycles. The van der Waals surface area contributed by atoms with Crippen LogP contribution in [0, 0.1) is 17.2 Å². The molecule has 6 atom stereocenters. The van der Waals surface area contributed by atoms with Crippen LogP contribution in [0.1, 0.15) is 25.7 Å². The number of rotatable bonds is 5. The first-order valence-electron chi connectivity index (χ1n) is 8.00. The van der Waals surface area contributed by atoms with Gasteiger partial charge < -0.3 is 25.2 Å². The normalized spacial score (nSPS) is 38.2. The first kappa shape index (κ1) is 15.7. The molecule has 0 aromatic heterocycles. The Kier molecular flexibility index (Phi) is 4.64. The number of hydrogen-bond donors (Lipinski definition) is 3. The monoisotopic (exact) mass is 309 g/mol. The number of hydrogen-bond acceptors (Lipinski definition) is 6. The second kappa shape index (κ2) is 6.50. The number of carbonyl (C=O) groups is 1. The molecule has 0 unspecified atom stereocenters. The molecule has 2 bridgehead atoms. The first-order chi connectivity index (χ1) is 10.6. The van der Waals surface area contributed by atoms with Gasteiger partial charge in [-0.1, -0.05) is 0 Å². The van der Waals surface area contributed by atoms with Crippen LogP contribution in [0.3, 0.4) is 0 Å². The molecule has 2 heterocycles. The summed E-state index contributed by atoms with van der Waals surface area (Å²) in [5.41, 5.74) is 0. The number of amides is 1. The van der Waals surface area contributed by atoms with Crippen molar-refractivity contribution in [3.05, 3.63) is 0 Å².